The second-order valence-electron chi connectivity index (χ2n) is 8.43. The Kier molecular flexibility index (Phi) is 6.66. The second-order valence-corrected chi connectivity index (χ2v) is 8.43. The average molecular weight is 453 g/mol. The monoisotopic (exact) mass is 452 g/mol. The first-order chi connectivity index (χ1) is 16.7. The maximum Gasteiger partial charge on any atom is 0.231 e. The van der Waals surface area contributed by atoms with Crippen molar-refractivity contribution in [1.82, 2.24) is 0 Å². The van der Waals surface area contributed by atoms with Crippen LogP contribution in [0.25, 0.3) is 0 Å². The summed E-state index contributed by atoms with van der Waals surface area (Å²) in [5, 5.41) is 0. The summed E-state index contributed by atoms with van der Waals surface area (Å²) in [6.45, 7) is 0.311. The zero-order valence-electron chi connectivity index (χ0n) is 19.3. The minimum atomic E-state index is 0.311. The van der Waals surface area contributed by atoms with Gasteiger partial charge in [-0.05, 0) is 96.5 Å². The van der Waals surface area contributed by atoms with E-state index in [1.165, 1.54) is 22.3 Å². The number of fused-ring (bicyclic) bond motifs is 1. The molecule has 0 saturated heterocycles. The van der Waals surface area contributed by atoms with Gasteiger partial charge in [-0.15, -0.1) is 0 Å². The van der Waals surface area contributed by atoms with E-state index in [1.807, 2.05) is 36.4 Å². The Morgan fingerprint density at radius 2 is 1.15 bits per heavy atom. The Bertz CT molecular complexity index is 1230. The molecule has 34 heavy (non-hydrogen) atoms. The van der Waals surface area contributed by atoms with Crippen molar-refractivity contribution >= 4 is 0 Å². The van der Waals surface area contributed by atoms with E-state index in [1.54, 1.807) is 7.11 Å². The van der Waals surface area contributed by atoms with Gasteiger partial charge in [0.15, 0.2) is 11.5 Å². The lowest BCUT2D eigenvalue weighted by molar-refractivity contribution is 0.174. The quantitative estimate of drug-likeness (QED) is 0.280. The van der Waals surface area contributed by atoms with Crippen LogP contribution in [-0.2, 0) is 25.7 Å². The molecule has 0 N–H and O–H groups in total. The maximum atomic E-state index is 6.12. The molecule has 1 aliphatic heterocycles. The van der Waals surface area contributed by atoms with Crippen LogP contribution in [0.1, 0.15) is 22.3 Å². The Morgan fingerprint density at radius 3 is 1.85 bits per heavy atom. The van der Waals surface area contributed by atoms with E-state index in [-0.39, 0.29) is 0 Å². The van der Waals surface area contributed by atoms with Gasteiger partial charge in [-0.2, -0.15) is 0 Å². The molecule has 0 spiro atoms. The van der Waals surface area contributed by atoms with Crippen LogP contribution in [0, 0.1) is 0 Å². The van der Waals surface area contributed by atoms with E-state index in [2.05, 4.69) is 54.6 Å². The van der Waals surface area contributed by atoms with E-state index in [9.17, 15) is 0 Å². The molecule has 0 bridgehead atoms. The molecule has 4 aromatic rings. The predicted molar refractivity (Wildman–Crippen MR) is 133 cm³/mol. The van der Waals surface area contributed by atoms with Crippen molar-refractivity contribution in [2.24, 2.45) is 0 Å². The Morgan fingerprint density at radius 1 is 0.559 bits per heavy atom. The topological polar surface area (TPSA) is 36.9 Å². The van der Waals surface area contributed by atoms with Crippen molar-refractivity contribution < 1.29 is 18.9 Å². The lowest BCUT2D eigenvalue weighted by Gasteiger charge is -2.09. The molecular weight excluding hydrogens is 424 g/mol. The molecule has 5 rings (SSSR count). The summed E-state index contributed by atoms with van der Waals surface area (Å²) in [6, 6.07) is 31.1. The molecular formula is C30H28O4. The minimum absolute atomic E-state index is 0.311. The number of methoxy groups -OCH3 is 1. The van der Waals surface area contributed by atoms with Crippen LogP contribution in [0.3, 0.4) is 0 Å². The van der Waals surface area contributed by atoms with Gasteiger partial charge in [-0.3, -0.25) is 0 Å². The van der Waals surface area contributed by atoms with Crippen molar-refractivity contribution in [1.29, 1.82) is 0 Å². The molecule has 0 radical (unpaired) electrons. The van der Waals surface area contributed by atoms with Crippen LogP contribution < -0.4 is 18.9 Å². The number of rotatable bonds is 9. The molecule has 0 atom stereocenters. The number of benzene rings is 4. The molecule has 172 valence electrons. The van der Waals surface area contributed by atoms with Crippen LogP contribution in [0.5, 0.6) is 28.7 Å². The predicted octanol–water partition coefficient (Wildman–Crippen LogP) is 6.79. The van der Waals surface area contributed by atoms with Crippen molar-refractivity contribution in [2.75, 3.05) is 13.9 Å². The fraction of sp³-hybridized carbons (Fsp3) is 0.200. The minimum Gasteiger partial charge on any atom is -0.497 e. The van der Waals surface area contributed by atoms with Gasteiger partial charge in [0.1, 0.15) is 17.2 Å². The summed E-state index contributed by atoms with van der Waals surface area (Å²) >= 11 is 0. The molecule has 4 aromatic carbocycles. The summed E-state index contributed by atoms with van der Waals surface area (Å²) in [4.78, 5) is 0. The van der Waals surface area contributed by atoms with Gasteiger partial charge in [0.05, 0.1) is 7.11 Å². The van der Waals surface area contributed by atoms with Crippen LogP contribution in [0.2, 0.25) is 0 Å². The van der Waals surface area contributed by atoms with Gasteiger partial charge in [0, 0.05) is 0 Å². The standard InChI is InChI=1S/C30H28O4/c1-31-26-14-9-22(10-15-26)5-7-24-3-2-4-28(19-24)34-27-16-11-23(12-17-27)6-8-25-13-18-29-30(20-25)33-21-32-29/h2-4,9-20H,5-8,21H2,1H3. The first-order valence-electron chi connectivity index (χ1n) is 11.6. The van der Waals surface area contributed by atoms with Crippen molar-refractivity contribution in [3.05, 3.63) is 113 Å². The Hall–Kier alpha value is -3.92. The van der Waals surface area contributed by atoms with Crippen LogP contribution in [-0.4, -0.2) is 13.9 Å². The molecule has 0 aliphatic carbocycles. The fourth-order valence-corrected chi connectivity index (χ4v) is 4.09. The zero-order valence-corrected chi connectivity index (χ0v) is 19.3. The Labute approximate surface area is 200 Å². The highest BCUT2D eigenvalue weighted by atomic mass is 16.7. The molecule has 0 saturated carbocycles. The van der Waals surface area contributed by atoms with Crippen LogP contribution >= 0.6 is 0 Å². The molecule has 4 nitrogen and oxygen atoms in total. The molecule has 0 fully saturated rings. The third-order valence-corrected chi connectivity index (χ3v) is 6.06. The zero-order chi connectivity index (χ0) is 23.2. The first-order valence-corrected chi connectivity index (χ1v) is 11.6. The number of hydrogen-bond acceptors (Lipinski definition) is 4. The van der Waals surface area contributed by atoms with E-state index in [0.29, 0.717) is 6.79 Å². The largest absolute Gasteiger partial charge is 0.497 e. The van der Waals surface area contributed by atoms with Gasteiger partial charge in [0.2, 0.25) is 6.79 Å². The van der Waals surface area contributed by atoms with Crippen molar-refractivity contribution in [3.8, 4) is 28.7 Å². The summed E-state index contributed by atoms with van der Waals surface area (Å²) in [5.41, 5.74) is 5.08. The van der Waals surface area contributed by atoms with E-state index in [0.717, 1.165) is 54.4 Å². The van der Waals surface area contributed by atoms with Gasteiger partial charge < -0.3 is 18.9 Å². The molecule has 1 aliphatic rings. The van der Waals surface area contributed by atoms with Gasteiger partial charge in [-0.1, -0.05) is 42.5 Å². The molecule has 0 amide bonds. The first kappa shape index (κ1) is 21.9. The molecule has 1 heterocycles. The van der Waals surface area contributed by atoms with Crippen molar-refractivity contribution in [3.63, 3.8) is 0 Å². The highest BCUT2D eigenvalue weighted by Gasteiger charge is 2.13. The second kappa shape index (κ2) is 10.3. The lowest BCUT2D eigenvalue weighted by atomic mass is 10.0. The third-order valence-electron chi connectivity index (χ3n) is 6.06. The number of hydrogen-bond donors (Lipinski definition) is 0. The lowest BCUT2D eigenvalue weighted by Crippen LogP contribution is -1.94. The summed E-state index contributed by atoms with van der Waals surface area (Å²) in [7, 11) is 1.69. The average Bonchev–Trinajstić information content (AvgIpc) is 3.36. The molecule has 4 heteroatoms. The fourth-order valence-electron chi connectivity index (χ4n) is 4.09. The van der Waals surface area contributed by atoms with E-state index in [4.69, 9.17) is 18.9 Å². The van der Waals surface area contributed by atoms with E-state index < -0.39 is 0 Å². The molecule has 0 aromatic heterocycles. The SMILES string of the molecule is COc1ccc(CCc2cccc(Oc3ccc(CCc4ccc5c(c4)OCO5)cc3)c2)cc1. The van der Waals surface area contributed by atoms with Gasteiger partial charge >= 0.3 is 0 Å². The maximum absolute atomic E-state index is 6.12. The highest BCUT2D eigenvalue weighted by molar-refractivity contribution is 5.45. The van der Waals surface area contributed by atoms with Crippen molar-refractivity contribution in [2.45, 2.75) is 25.7 Å². The summed E-state index contributed by atoms with van der Waals surface area (Å²) in [6.07, 6.45) is 3.85. The third kappa shape index (κ3) is 5.52. The number of aryl methyl sites for hydroxylation is 4. The number of ether oxygens (including phenoxy) is 4. The van der Waals surface area contributed by atoms with Gasteiger partial charge in [-0.25, -0.2) is 0 Å². The van der Waals surface area contributed by atoms with E-state index >= 15 is 0 Å². The van der Waals surface area contributed by atoms with Crippen LogP contribution in [0.15, 0.2) is 91.0 Å². The summed E-state index contributed by atoms with van der Waals surface area (Å²) in [5.74, 6) is 4.26. The van der Waals surface area contributed by atoms with Crippen LogP contribution in [0.4, 0.5) is 0 Å². The smallest absolute Gasteiger partial charge is 0.231 e. The Balaban J connectivity index is 1.14. The van der Waals surface area contributed by atoms with Gasteiger partial charge in [0.25, 0.3) is 0 Å². The molecule has 0 unspecified atom stereocenters. The normalized spacial score (nSPS) is 11.9. The highest BCUT2D eigenvalue weighted by Crippen LogP contribution is 2.33. The summed E-state index contributed by atoms with van der Waals surface area (Å²) < 4.78 is 22.2.